The molecular formula is C19H14O4. The molecule has 0 amide bonds. The van der Waals surface area contributed by atoms with Crippen LogP contribution in [0.15, 0.2) is 46.9 Å². The predicted molar refractivity (Wildman–Crippen MR) is 88.1 cm³/mol. The summed E-state index contributed by atoms with van der Waals surface area (Å²) in [5.74, 6) is 2.07. The van der Waals surface area contributed by atoms with Gasteiger partial charge in [0.15, 0.2) is 5.78 Å². The van der Waals surface area contributed by atoms with Crippen molar-refractivity contribution in [1.82, 2.24) is 0 Å². The number of hydrogen-bond acceptors (Lipinski definition) is 4. The Morgan fingerprint density at radius 2 is 1.70 bits per heavy atom. The third kappa shape index (κ3) is 2.03. The normalized spacial score (nSPS) is 12.7. The maximum absolute atomic E-state index is 12.1. The molecule has 0 saturated carbocycles. The van der Waals surface area contributed by atoms with Gasteiger partial charge in [-0.05, 0) is 30.4 Å². The smallest absolute Gasteiger partial charge is 0.186 e. The second kappa shape index (κ2) is 5.02. The van der Waals surface area contributed by atoms with Gasteiger partial charge >= 0.3 is 0 Å². The molecule has 114 valence electrons. The molecule has 4 heteroatoms. The lowest BCUT2D eigenvalue weighted by Crippen LogP contribution is -1.99. The topological polar surface area (TPSA) is 48.7 Å². The van der Waals surface area contributed by atoms with E-state index < -0.39 is 0 Å². The first-order chi connectivity index (χ1) is 11.2. The summed E-state index contributed by atoms with van der Waals surface area (Å²) in [7, 11) is 3.22. The zero-order valence-corrected chi connectivity index (χ0v) is 12.8. The molecule has 1 heterocycles. The van der Waals surface area contributed by atoms with Crippen LogP contribution in [0.2, 0.25) is 0 Å². The number of methoxy groups -OCH3 is 2. The molecule has 0 atom stereocenters. The summed E-state index contributed by atoms with van der Waals surface area (Å²) in [5, 5.41) is 0.858. The van der Waals surface area contributed by atoms with Crippen molar-refractivity contribution in [1.29, 1.82) is 0 Å². The van der Waals surface area contributed by atoms with Gasteiger partial charge < -0.3 is 13.9 Å². The summed E-state index contributed by atoms with van der Waals surface area (Å²) in [6.07, 6.45) is 3.38. The van der Waals surface area contributed by atoms with E-state index in [0.29, 0.717) is 28.4 Å². The standard InChI is InChI=1S/C19H14O4/c1-21-12-8-11(9-13(10-12)22-2)19-15-6-7-16(20)14-4-3-5-17(23-19)18(14)15/h3-10H,1-2H3. The van der Waals surface area contributed by atoms with E-state index in [4.69, 9.17) is 13.9 Å². The third-order valence-corrected chi connectivity index (χ3v) is 4.03. The van der Waals surface area contributed by atoms with Crippen LogP contribution in [0.1, 0.15) is 15.9 Å². The van der Waals surface area contributed by atoms with Crippen LogP contribution < -0.4 is 9.47 Å². The van der Waals surface area contributed by atoms with Crippen molar-refractivity contribution >= 4 is 22.8 Å². The number of rotatable bonds is 3. The number of benzene rings is 2. The highest BCUT2D eigenvalue weighted by Crippen LogP contribution is 2.40. The van der Waals surface area contributed by atoms with Gasteiger partial charge in [0.2, 0.25) is 0 Å². The van der Waals surface area contributed by atoms with E-state index in [2.05, 4.69) is 0 Å². The largest absolute Gasteiger partial charge is 0.497 e. The first-order valence-corrected chi connectivity index (χ1v) is 7.22. The Morgan fingerprint density at radius 1 is 0.957 bits per heavy atom. The van der Waals surface area contributed by atoms with Crippen LogP contribution >= 0.6 is 0 Å². The second-order valence-corrected chi connectivity index (χ2v) is 5.32. The van der Waals surface area contributed by atoms with Gasteiger partial charge in [-0.15, -0.1) is 0 Å². The second-order valence-electron chi connectivity index (χ2n) is 5.32. The number of ketones is 1. The summed E-state index contributed by atoms with van der Waals surface area (Å²) in [6.45, 7) is 0. The maximum atomic E-state index is 12.1. The van der Waals surface area contributed by atoms with E-state index in [-0.39, 0.29) is 5.78 Å². The molecule has 1 aliphatic rings. The van der Waals surface area contributed by atoms with Gasteiger partial charge in [-0.1, -0.05) is 12.1 Å². The Bertz CT molecular complexity index is 941. The number of carbonyl (C=O) groups excluding carboxylic acids is 1. The number of furan rings is 1. The molecular weight excluding hydrogens is 292 g/mol. The number of hydrogen-bond donors (Lipinski definition) is 0. The van der Waals surface area contributed by atoms with Gasteiger partial charge in [0, 0.05) is 28.1 Å². The molecule has 3 aromatic rings. The maximum Gasteiger partial charge on any atom is 0.186 e. The number of allylic oxidation sites excluding steroid dienone is 1. The summed E-state index contributed by atoms with van der Waals surface area (Å²) in [4.78, 5) is 12.1. The summed E-state index contributed by atoms with van der Waals surface area (Å²) >= 11 is 0. The highest BCUT2D eigenvalue weighted by molar-refractivity contribution is 6.20. The SMILES string of the molecule is COc1cc(OC)cc(-c2oc3cccc4c3c2C=CC4=O)c1. The Morgan fingerprint density at radius 3 is 2.39 bits per heavy atom. The molecule has 0 bridgehead atoms. The van der Waals surface area contributed by atoms with Crippen molar-refractivity contribution in [2.24, 2.45) is 0 Å². The van der Waals surface area contributed by atoms with Crippen molar-refractivity contribution in [3.63, 3.8) is 0 Å². The molecule has 2 aromatic carbocycles. The molecule has 0 fully saturated rings. The van der Waals surface area contributed by atoms with Crippen LogP contribution in [0.25, 0.3) is 28.4 Å². The van der Waals surface area contributed by atoms with Gasteiger partial charge in [0.1, 0.15) is 22.8 Å². The minimum absolute atomic E-state index is 0.00123. The van der Waals surface area contributed by atoms with Crippen LogP contribution in [0, 0.1) is 0 Å². The molecule has 0 saturated heterocycles. The van der Waals surface area contributed by atoms with Gasteiger partial charge in [-0.3, -0.25) is 4.79 Å². The predicted octanol–water partition coefficient (Wildman–Crippen LogP) is 4.33. The van der Waals surface area contributed by atoms with E-state index in [0.717, 1.165) is 16.5 Å². The molecule has 0 unspecified atom stereocenters. The molecule has 23 heavy (non-hydrogen) atoms. The molecule has 4 rings (SSSR count). The fourth-order valence-corrected chi connectivity index (χ4v) is 2.94. The van der Waals surface area contributed by atoms with E-state index in [1.807, 2.05) is 42.5 Å². The molecule has 0 aliphatic heterocycles. The highest BCUT2D eigenvalue weighted by atomic mass is 16.5. The summed E-state index contributed by atoms with van der Waals surface area (Å²) in [6, 6.07) is 11.1. The minimum atomic E-state index is -0.00123. The fraction of sp³-hybridized carbons (Fsp3) is 0.105. The van der Waals surface area contributed by atoms with Crippen molar-refractivity contribution in [3.8, 4) is 22.8 Å². The zero-order valence-electron chi connectivity index (χ0n) is 12.8. The summed E-state index contributed by atoms with van der Waals surface area (Å²) < 4.78 is 16.7. The lowest BCUT2D eigenvalue weighted by Gasteiger charge is -2.08. The van der Waals surface area contributed by atoms with E-state index in [1.165, 1.54) is 0 Å². The van der Waals surface area contributed by atoms with Gasteiger partial charge in [-0.25, -0.2) is 0 Å². The number of carbonyl (C=O) groups is 1. The Labute approximate surface area is 132 Å². The van der Waals surface area contributed by atoms with Gasteiger partial charge in [0.25, 0.3) is 0 Å². The molecule has 0 spiro atoms. The first kappa shape index (κ1) is 13.6. The molecule has 0 N–H and O–H groups in total. The van der Waals surface area contributed by atoms with Crippen molar-refractivity contribution in [2.45, 2.75) is 0 Å². The molecule has 1 aromatic heterocycles. The van der Waals surface area contributed by atoms with Crippen LogP contribution in [-0.4, -0.2) is 20.0 Å². The molecule has 0 radical (unpaired) electrons. The number of ether oxygens (including phenoxy) is 2. The first-order valence-electron chi connectivity index (χ1n) is 7.22. The van der Waals surface area contributed by atoms with E-state index in [9.17, 15) is 4.79 Å². The molecule has 4 nitrogen and oxygen atoms in total. The van der Waals surface area contributed by atoms with Crippen molar-refractivity contribution in [2.75, 3.05) is 14.2 Å². The monoisotopic (exact) mass is 306 g/mol. The van der Waals surface area contributed by atoms with E-state index >= 15 is 0 Å². The Hall–Kier alpha value is -3.01. The Kier molecular flexibility index (Phi) is 2.98. The van der Waals surface area contributed by atoms with Gasteiger partial charge in [-0.2, -0.15) is 0 Å². The summed E-state index contributed by atoms with van der Waals surface area (Å²) in [5.41, 5.74) is 3.12. The van der Waals surface area contributed by atoms with Crippen LogP contribution in [0.4, 0.5) is 0 Å². The van der Waals surface area contributed by atoms with Crippen LogP contribution in [0.5, 0.6) is 11.5 Å². The van der Waals surface area contributed by atoms with Crippen LogP contribution in [-0.2, 0) is 0 Å². The van der Waals surface area contributed by atoms with E-state index in [1.54, 1.807) is 20.3 Å². The fourth-order valence-electron chi connectivity index (χ4n) is 2.94. The lowest BCUT2D eigenvalue weighted by molar-refractivity contribution is 0.104. The van der Waals surface area contributed by atoms with Crippen molar-refractivity contribution in [3.05, 3.63) is 53.6 Å². The van der Waals surface area contributed by atoms with Crippen molar-refractivity contribution < 1.29 is 18.7 Å². The average molecular weight is 306 g/mol. The average Bonchev–Trinajstić information content (AvgIpc) is 2.97. The van der Waals surface area contributed by atoms with Crippen LogP contribution in [0.3, 0.4) is 0 Å². The van der Waals surface area contributed by atoms with Gasteiger partial charge in [0.05, 0.1) is 14.2 Å². The zero-order chi connectivity index (χ0) is 16.0. The quantitative estimate of drug-likeness (QED) is 0.723. The molecule has 1 aliphatic carbocycles. The Balaban J connectivity index is 2.01. The lowest BCUT2D eigenvalue weighted by atomic mass is 9.94. The minimum Gasteiger partial charge on any atom is -0.497 e. The highest BCUT2D eigenvalue weighted by Gasteiger charge is 2.23. The third-order valence-electron chi connectivity index (χ3n) is 4.03.